The van der Waals surface area contributed by atoms with Crippen LogP contribution in [0.4, 0.5) is 14.5 Å². The lowest BCUT2D eigenvalue weighted by atomic mass is 10.0. The Morgan fingerprint density at radius 1 is 1.18 bits per heavy atom. The van der Waals surface area contributed by atoms with Gasteiger partial charge in [-0.2, -0.15) is 0 Å². The summed E-state index contributed by atoms with van der Waals surface area (Å²) in [5.74, 6) is -0.574. The number of carbonyl (C=O) groups is 1. The molecular formula is C22H19F2NO3. The molecule has 1 aliphatic heterocycles. The predicted octanol–water partition coefficient (Wildman–Crippen LogP) is 4.94. The Morgan fingerprint density at radius 2 is 1.93 bits per heavy atom. The Balaban J connectivity index is 1.76. The molecule has 0 spiro atoms. The number of allylic oxidation sites excluding steroid dienone is 3. The van der Waals surface area contributed by atoms with Crippen molar-refractivity contribution < 1.29 is 23.0 Å². The first-order chi connectivity index (χ1) is 13.5. The monoisotopic (exact) mass is 383 g/mol. The molecule has 1 aliphatic rings. The normalized spacial score (nSPS) is 13.6. The Labute approximate surface area is 161 Å². The highest BCUT2D eigenvalue weighted by atomic mass is 19.1. The topological polar surface area (TPSA) is 47.6 Å². The average Bonchev–Trinajstić information content (AvgIpc) is 2.68. The van der Waals surface area contributed by atoms with Crippen molar-refractivity contribution in [2.75, 3.05) is 19.0 Å². The van der Waals surface area contributed by atoms with E-state index in [-0.39, 0.29) is 5.56 Å². The summed E-state index contributed by atoms with van der Waals surface area (Å²) in [6, 6.07) is 8.74. The number of rotatable bonds is 5. The van der Waals surface area contributed by atoms with Crippen LogP contribution in [0.3, 0.4) is 0 Å². The average molecular weight is 383 g/mol. The van der Waals surface area contributed by atoms with Crippen LogP contribution in [0.2, 0.25) is 0 Å². The van der Waals surface area contributed by atoms with E-state index in [1.807, 2.05) is 25.1 Å². The second-order valence-corrected chi connectivity index (χ2v) is 6.13. The van der Waals surface area contributed by atoms with Crippen LogP contribution in [-0.2, 0) is 9.53 Å². The Hall–Kier alpha value is -3.41. The van der Waals surface area contributed by atoms with Crippen LogP contribution in [0.5, 0.6) is 5.75 Å². The van der Waals surface area contributed by atoms with Gasteiger partial charge < -0.3 is 14.8 Å². The van der Waals surface area contributed by atoms with Crippen molar-refractivity contribution >= 4 is 23.2 Å². The third-order valence-electron chi connectivity index (χ3n) is 4.19. The number of anilines is 1. The van der Waals surface area contributed by atoms with E-state index in [1.165, 1.54) is 13.2 Å². The summed E-state index contributed by atoms with van der Waals surface area (Å²) in [5, 5.41) is 2.65. The SMILES string of the molecule is COc1cc(NC(=O)/C=C/c2c(F)cccc2F)ccc1C1=CC=C(C)OC1. The number of nitrogens with one attached hydrogen (secondary N) is 1. The minimum absolute atomic E-state index is 0.266. The van der Waals surface area contributed by atoms with Gasteiger partial charge in [0.2, 0.25) is 5.91 Å². The molecule has 6 heteroatoms. The fraction of sp³-hybridized carbons (Fsp3) is 0.136. The summed E-state index contributed by atoms with van der Waals surface area (Å²) in [5.41, 5.74) is 2.04. The van der Waals surface area contributed by atoms with Crippen molar-refractivity contribution in [1.82, 2.24) is 0 Å². The molecule has 0 atom stereocenters. The molecule has 144 valence electrons. The van der Waals surface area contributed by atoms with Gasteiger partial charge in [0.1, 0.15) is 24.0 Å². The molecule has 3 rings (SSSR count). The van der Waals surface area contributed by atoms with Gasteiger partial charge in [0.15, 0.2) is 0 Å². The maximum atomic E-state index is 13.6. The quantitative estimate of drug-likeness (QED) is 0.744. The van der Waals surface area contributed by atoms with Crippen molar-refractivity contribution in [3.63, 3.8) is 0 Å². The predicted molar refractivity (Wildman–Crippen MR) is 105 cm³/mol. The minimum Gasteiger partial charge on any atom is -0.496 e. The standard InChI is InChI=1S/C22H19F2NO3/c1-14-6-7-15(13-28-14)17-9-8-16(12-21(17)27-2)25-22(26)11-10-18-19(23)4-3-5-20(18)24/h3-12H,13H2,1-2H3,(H,25,26)/b11-10+. The molecule has 0 aromatic heterocycles. The van der Waals surface area contributed by atoms with Crippen LogP contribution in [0.25, 0.3) is 11.6 Å². The Bertz CT molecular complexity index is 973. The highest BCUT2D eigenvalue weighted by molar-refractivity contribution is 6.02. The van der Waals surface area contributed by atoms with Crippen LogP contribution in [0, 0.1) is 11.6 Å². The van der Waals surface area contributed by atoms with Gasteiger partial charge in [0.25, 0.3) is 0 Å². The van der Waals surface area contributed by atoms with Crippen LogP contribution >= 0.6 is 0 Å². The minimum atomic E-state index is -0.734. The Kier molecular flexibility index (Phi) is 5.89. The van der Waals surface area contributed by atoms with Crippen LogP contribution in [0.15, 0.2) is 60.4 Å². The first-order valence-electron chi connectivity index (χ1n) is 8.59. The lowest BCUT2D eigenvalue weighted by molar-refractivity contribution is -0.111. The molecule has 0 saturated heterocycles. The van der Waals surface area contributed by atoms with Crippen LogP contribution in [-0.4, -0.2) is 19.6 Å². The summed E-state index contributed by atoms with van der Waals surface area (Å²) in [6.45, 7) is 2.31. The zero-order chi connectivity index (χ0) is 20.1. The maximum Gasteiger partial charge on any atom is 0.248 e. The summed E-state index contributed by atoms with van der Waals surface area (Å²) in [4.78, 5) is 12.1. The summed E-state index contributed by atoms with van der Waals surface area (Å²) < 4.78 is 38.2. The summed E-state index contributed by atoms with van der Waals surface area (Å²) in [6.07, 6.45) is 6.01. The lowest BCUT2D eigenvalue weighted by Crippen LogP contribution is -2.09. The maximum absolute atomic E-state index is 13.6. The molecule has 4 nitrogen and oxygen atoms in total. The number of methoxy groups -OCH3 is 1. The molecule has 0 radical (unpaired) electrons. The van der Waals surface area contributed by atoms with Gasteiger partial charge in [-0.3, -0.25) is 4.79 Å². The number of hydrogen-bond donors (Lipinski definition) is 1. The molecule has 0 unspecified atom stereocenters. The number of hydrogen-bond acceptors (Lipinski definition) is 3. The first-order valence-corrected chi connectivity index (χ1v) is 8.59. The summed E-state index contributed by atoms with van der Waals surface area (Å²) >= 11 is 0. The number of ether oxygens (including phenoxy) is 2. The van der Waals surface area contributed by atoms with Gasteiger partial charge in [-0.05, 0) is 43.3 Å². The smallest absolute Gasteiger partial charge is 0.248 e. The second kappa shape index (κ2) is 8.52. The number of carbonyl (C=O) groups excluding carboxylic acids is 1. The zero-order valence-electron chi connectivity index (χ0n) is 15.5. The first kappa shape index (κ1) is 19.4. The molecule has 0 aliphatic carbocycles. The highest BCUT2D eigenvalue weighted by Crippen LogP contribution is 2.31. The molecule has 1 N–H and O–H groups in total. The third kappa shape index (κ3) is 4.46. The Morgan fingerprint density at radius 3 is 2.57 bits per heavy atom. The van der Waals surface area contributed by atoms with Gasteiger partial charge >= 0.3 is 0 Å². The molecule has 2 aromatic rings. The van der Waals surface area contributed by atoms with Gasteiger partial charge in [-0.25, -0.2) is 8.78 Å². The van der Waals surface area contributed by atoms with E-state index in [4.69, 9.17) is 9.47 Å². The largest absolute Gasteiger partial charge is 0.496 e. The molecule has 28 heavy (non-hydrogen) atoms. The second-order valence-electron chi connectivity index (χ2n) is 6.13. The molecule has 2 aromatic carbocycles. The number of amides is 1. The van der Waals surface area contributed by atoms with Crippen LogP contribution < -0.4 is 10.1 Å². The number of halogens is 2. The molecule has 0 fully saturated rings. The molecular weight excluding hydrogens is 364 g/mol. The molecule has 1 heterocycles. The van der Waals surface area contributed by atoms with E-state index in [2.05, 4.69) is 5.32 Å². The van der Waals surface area contributed by atoms with E-state index in [0.717, 1.165) is 41.2 Å². The summed E-state index contributed by atoms with van der Waals surface area (Å²) in [7, 11) is 1.54. The fourth-order valence-electron chi connectivity index (χ4n) is 2.72. The van der Waals surface area contributed by atoms with Gasteiger partial charge in [0, 0.05) is 34.5 Å². The van der Waals surface area contributed by atoms with E-state index in [9.17, 15) is 13.6 Å². The number of benzene rings is 2. The highest BCUT2D eigenvalue weighted by Gasteiger charge is 2.13. The molecule has 0 bridgehead atoms. The fourth-order valence-corrected chi connectivity index (χ4v) is 2.72. The van der Waals surface area contributed by atoms with Gasteiger partial charge in [-0.1, -0.05) is 12.1 Å². The third-order valence-corrected chi connectivity index (χ3v) is 4.19. The molecule has 0 saturated carbocycles. The van der Waals surface area contributed by atoms with Gasteiger partial charge in [-0.15, -0.1) is 0 Å². The van der Waals surface area contributed by atoms with E-state index >= 15 is 0 Å². The lowest BCUT2D eigenvalue weighted by Gasteiger charge is -2.17. The van der Waals surface area contributed by atoms with Crippen molar-refractivity contribution in [1.29, 1.82) is 0 Å². The van der Waals surface area contributed by atoms with Crippen molar-refractivity contribution in [3.8, 4) is 5.75 Å². The van der Waals surface area contributed by atoms with E-state index in [1.54, 1.807) is 12.1 Å². The van der Waals surface area contributed by atoms with Crippen molar-refractivity contribution in [3.05, 3.63) is 83.1 Å². The van der Waals surface area contributed by atoms with Crippen molar-refractivity contribution in [2.24, 2.45) is 0 Å². The zero-order valence-corrected chi connectivity index (χ0v) is 15.5. The van der Waals surface area contributed by atoms with E-state index in [0.29, 0.717) is 18.0 Å². The van der Waals surface area contributed by atoms with E-state index < -0.39 is 17.5 Å². The van der Waals surface area contributed by atoms with Crippen LogP contribution in [0.1, 0.15) is 18.1 Å². The van der Waals surface area contributed by atoms with Gasteiger partial charge in [0.05, 0.1) is 12.9 Å². The van der Waals surface area contributed by atoms with Crippen molar-refractivity contribution in [2.45, 2.75) is 6.92 Å². The molecule has 1 amide bonds.